The van der Waals surface area contributed by atoms with Crippen molar-refractivity contribution in [2.24, 2.45) is 11.7 Å². The molecule has 4 nitrogen and oxygen atoms in total. The molecule has 0 aromatic heterocycles. The van der Waals surface area contributed by atoms with Crippen molar-refractivity contribution in [1.82, 2.24) is 5.32 Å². The fraction of sp³-hybridized carbons (Fsp3) is 0.600. The second-order valence-corrected chi connectivity index (χ2v) is 5.08. The molecule has 0 bridgehead atoms. The van der Waals surface area contributed by atoms with Crippen LogP contribution in [-0.2, 0) is 0 Å². The minimum absolute atomic E-state index is 0.292. The van der Waals surface area contributed by atoms with Gasteiger partial charge in [0.05, 0.1) is 13.2 Å². The van der Waals surface area contributed by atoms with Gasteiger partial charge in [0.2, 0.25) is 0 Å². The van der Waals surface area contributed by atoms with Crippen LogP contribution in [0.15, 0.2) is 18.2 Å². The van der Waals surface area contributed by atoms with Gasteiger partial charge in [0.1, 0.15) is 0 Å². The van der Waals surface area contributed by atoms with E-state index in [1.54, 1.807) is 0 Å². The summed E-state index contributed by atoms with van der Waals surface area (Å²) in [4.78, 5) is 0. The Hall–Kier alpha value is -1.26. The Labute approximate surface area is 115 Å². The Morgan fingerprint density at radius 1 is 1.26 bits per heavy atom. The molecular weight excluding hydrogens is 240 g/mol. The van der Waals surface area contributed by atoms with E-state index in [9.17, 15) is 0 Å². The third-order valence-corrected chi connectivity index (χ3v) is 3.63. The first-order valence-corrected chi connectivity index (χ1v) is 7.03. The zero-order valence-corrected chi connectivity index (χ0v) is 11.8. The number of nitrogens with one attached hydrogen (secondary N) is 1. The Kier molecular flexibility index (Phi) is 5.05. The summed E-state index contributed by atoms with van der Waals surface area (Å²) in [6, 6.07) is 6.51. The Morgan fingerprint density at radius 3 is 2.68 bits per heavy atom. The van der Waals surface area contributed by atoms with Crippen LogP contribution >= 0.6 is 0 Å². The molecule has 1 heterocycles. The Bertz CT molecular complexity index is 409. The van der Waals surface area contributed by atoms with E-state index in [4.69, 9.17) is 15.2 Å². The number of hydrogen-bond donors (Lipinski definition) is 2. The van der Waals surface area contributed by atoms with E-state index in [1.807, 2.05) is 13.1 Å². The molecule has 0 radical (unpaired) electrons. The first-order valence-electron chi connectivity index (χ1n) is 7.03. The maximum atomic E-state index is 5.75. The van der Waals surface area contributed by atoms with Gasteiger partial charge in [-0.3, -0.25) is 0 Å². The van der Waals surface area contributed by atoms with Gasteiger partial charge in [0, 0.05) is 12.5 Å². The van der Waals surface area contributed by atoms with E-state index < -0.39 is 0 Å². The molecule has 0 saturated carbocycles. The molecule has 106 valence electrons. The summed E-state index contributed by atoms with van der Waals surface area (Å²) < 4.78 is 11.4. The molecule has 0 amide bonds. The van der Waals surface area contributed by atoms with Crippen LogP contribution in [0.5, 0.6) is 11.5 Å². The summed E-state index contributed by atoms with van der Waals surface area (Å²) in [5, 5.41) is 3.37. The minimum Gasteiger partial charge on any atom is -0.490 e. The lowest BCUT2D eigenvalue weighted by atomic mass is 9.92. The summed E-state index contributed by atoms with van der Waals surface area (Å²) in [5.74, 6) is 2.19. The first kappa shape index (κ1) is 14.2. The van der Waals surface area contributed by atoms with Crippen LogP contribution in [0, 0.1) is 5.92 Å². The zero-order chi connectivity index (χ0) is 13.7. The van der Waals surface area contributed by atoms with Crippen molar-refractivity contribution in [3.63, 3.8) is 0 Å². The molecule has 2 atom stereocenters. The average molecular weight is 264 g/mol. The summed E-state index contributed by atoms with van der Waals surface area (Å²) >= 11 is 0. The molecule has 19 heavy (non-hydrogen) atoms. The third-order valence-electron chi connectivity index (χ3n) is 3.63. The van der Waals surface area contributed by atoms with Crippen LogP contribution in [0.2, 0.25) is 0 Å². The molecule has 4 heteroatoms. The lowest BCUT2D eigenvalue weighted by Crippen LogP contribution is -2.25. The summed E-state index contributed by atoms with van der Waals surface area (Å²) in [6.45, 7) is 4.38. The van der Waals surface area contributed by atoms with Crippen molar-refractivity contribution < 1.29 is 9.47 Å². The highest BCUT2D eigenvalue weighted by molar-refractivity contribution is 5.44. The van der Waals surface area contributed by atoms with Crippen LogP contribution in [-0.4, -0.2) is 26.8 Å². The van der Waals surface area contributed by atoms with E-state index >= 15 is 0 Å². The standard InChI is InChI=1S/C15H24N2O2/c1-11(6-7-16)15(17-2)12-4-5-13-14(10-12)19-9-3-8-18-13/h4-5,10-11,15,17H,3,6-9,16H2,1-2H3. The molecule has 1 aliphatic rings. The topological polar surface area (TPSA) is 56.5 Å². The summed E-state index contributed by atoms with van der Waals surface area (Å²) in [7, 11) is 1.99. The molecule has 0 fully saturated rings. The number of fused-ring (bicyclic) bond motifs is 1. The van der Waals surface area contributed by atoms with Crippen LogP contribution in [0.3, 0.4) is 0 Å². The summed E-state index contributed by atoms with van der Waals surface area (Å²) in [6.07, 6.45) is 1.93. The maximum Gasteiger partial charge on any atom is 0.161 e. The molecule has 1 aromatic carbocycles. The van der Waals surface area contributed by atoms with E-state index in [-0.39, 0.29) is 0 Å². The Morgan fingerprint density at radius 2 is 2.00 bits per heavy atom. The smallest absolute Gasteiger partial charge is 0.161 e. The summed E-state index contributed by atoms with van der Waals surface area (Å²) in [5.41, 5.74) is 6.89. The molecule has 3 N–H and O–H groups in total. The van der Waals surface area contributed by atoms with Crippen LogP contribution in [0.1, 0.15) is 31.4 Å². The highest BCUT2D eigenvalue weighted by Gasteiger charge is 2.19. The second-order valence-electron chi connectivity index (χ2n) is 5.08. The van der Waals surface area contributed by atoms with Gasteiger partial charge in [-0.2, -0.15) is 0 Å². The van der Waals surface area contributed by atoms with Gasteiger partial charge in [-0.05, 0) is 43.6 Å². The quantitative estimate of drug-likeness (QED) is 0.855. The highest BCUT2D eigenvalue weighted by Crippen LogP contribution is 2.34. The molecule has 0 saturated heterocycles. The van der Waals surface area contributed by atoms with Gasteiger partial charge >= 0.3 is 0 Å². The van der Waals surface area contributed by atoms with Crippen molar-refractivity contribution in [2.75, 3.05) is 26.8 Å². The predicted molar refractivity (Wildman–Crippen MR) is 76.7 cm³/mol. The fourth-order valence-corrected chi connectivity index (χ4v) is 2.58. The fourth-order valence-electron chi connectivity index (χ4n) is 2.58. The second kappa shape index (κ2) is 6.78. The Balaban J connectivity index is 2.21. The molecule has 0 aliphatic carbocycles. The number of hydrogen-bond acceptors (Lipinski definition) is 4. The molecule has 1 aromatic rings. The van der Waals surface area contributed by atoms with Crippen LogP contribution in [0.4, 0.5) is 0 Å². The van der Waals surface area contributed by atoms with Crippen molar-refractivity contribution >= 4 is 0 Å². The van der Waals surface area contributed by atoms with Crippen LogP contribution in [0.25, 0.3) is 0 Å². The predicted octanol–water partition coefficient (Wildman–Crippen LogP) is 2.09. The number of nitrogens with two attached hydrogens (primary N) is 1. The van der Waals surface area contributed by atoms with Gasteiger partial charge in [-0.15, -0.1) is 0 Å². The molecule has 2 rings (SSSR count). The van der Waals surface area contributed by atoms with Gasteiger partial charge in [0.15, 0.2) is 11.5 Å². The normalized spacial score (nSPS) is 17.6. The number of rotatable bonds is 5. The molecule has 2 unspecified atom stereocenters. The number of ether oxygens (including phenoxy) is 2. The minimum atomic E-state index is 0.292. The zero-order valence-electron chi connectivity index (χ0n) is 11.8. The highest BCUT2D eigenvalue weighted by atomic mass is 16.5. The monoisotopic (exact) mass is 264 g/mol. The first-order chi connectivity index (χ1) is 9.26. The van der Waals surface area contributed by atoms with Crippen molar-refractivity contribution in [2.45, 2.75) is 25.8 Å². The van der Waals surface area contributed by atoms with Crippen LogP contribution < -0.4 is 20.5 Å². The molecule has 1 aliphatic heterocycles. The van der Waals surface area contributed by atoms with E-state index in [1.165, 1.54) is 5.56 Å². The molecule has 0 spiro atoms. The lowest BCUT2D eigenvalue weighted by molar-refractivity contribution is 0.296. The van der Waals surface area contributed by atoms with Crippen molar-refractivity contribution in [3.8, 4) is 11.5 Å². The maximum absolute atomic E-state index is 5.75. The number of benzene rings is 1. The van der Waals surface area contributed by atoms with Gasteiger partial charge in [-0.25, -0.2) is 0 Å². The van der Waals surface area contributed by atoms with E-state index in [0.717, 1.165) is 37.6 Å². The third kappa shape index (κ3) is 3.39. The molecular formula is C15H24N2O2. The van der Waals surface area contributed by atoms with Crippen molar-refractivity contribution in [1.29, 1.82) is 0 Å². The SMILES string of the molecule is CNC(c1ccc2c(c1)OCCCO2)C(C)CCN. The van der Waals surface area contributed by atoms with Gasteiger partial charge in [0.25, 0.3) is 0 Å². The average Bonchev–Trinajstić information content (AvgIpc) is 2.64. The van der Waals surface area contributed by atoms with E-state index in [2.05, 4.69) is 24.4 Å². The van der Waals surface area contributed by atoms with Crippen molar-refractivity contribution in [3.05, 3.63) is 23.8 Å². The lowest BCUT2D eigenvalue weighted by Gasteiger charge is -2.24. The van der Waals surface area contributed by atoms with Gasteiger partial charge in [-0.1, -0.05) is 13.0 Å². The van der Waals surface area contributed by atoms with E-state index in [0.29, 0.717) is 18.5 Å². The van der Waals surface area contributed by atoms with Gasteiger partial charge < -0.3 is 20.5 Å². The largest absolute Gasteiger partial charge is 0.490 e.